The predicted octanol–water partition coefficient (Wildman–Crippen LogP) is 5.91. The molecule has 0 fully saturated rings. The number of anilines is 2. The fourth-order valence-corrected chi connectivity index (χ4v) is 6.41. The molecule has 214 valence electrons. The van der Waals surface area contributed by atoms with E-state index in [1.54, 1.807) is 50.0 Å². The molecule has 5 aromatic rings. The summed E-state index contributed by atoms with van der Waals surface area (Å²) in [6.07, 6.45) is 0. The second-order valence-corrected chi connectivity index (χ2v) is 12.1. The van der Waals surface area contributed by atoms with Crippen LogP contribution >= 0.6 is 11.6 Å². The third-order valence-electron chi connectivity index (χ3n) is 7.32. The molecule has 0 saturated heterocycles. The van der Waals surface area contributed by atoms with Gasteiger partial charge >= 0.3 is 0 Å². The third-order valence-corrected chi connectivity index (χ3v) is 9.40. The van der Waals surface area contributed by atoms with Crippen LogP contribution < -0.4 is 14.8 Å². The fourth-order valence-electron chi connectivity index (χ4n) is 4.94. The number of nitrogens with zero attached hydrogens (tertiary/aromatic N) is 4. The van der Waals surface area contributed by atoms with Crippen LogP contribution in [0.2, 0.25) is 5.02 Å². The monoisotopic (exact) mass is 600 g/mol. The summed E-state index contributed by atoms with van der Waals surface area (Å²) in [7, 11) is 0.375. The predicted molar refractivity (Wildman–Crippen MR) is 167 cm³/mol. The number of aromatic nitrogens is 2. The minimum atomic E-state index is -4.26. The van der Waals surface area contributed by atoms with Crippen molar-refractivity contribution in [1.82, 2.24) is 9.36 Å². The van der Waals surface area contributed by atoms with Gasteiger partial charge in [-0.15, -0.1) is 0 Å². The van der Waals surface area contributed by atoms with E-state index in [2.05, 4.69) is 0 Å². The van der Waals surface area contributed by atoms with E-state index in [0.29, 0.717) is 17.1 Å². The van der Waals surface area contributed by atoms with Crippen LogP contribution in [0.5, 0.6) is 0 Å². The lowest BCUT2D eigenvalue weighted by atomic mass is 10.0. The van der Waals surface area contributed by atoms with Gasteiger partial charge in [-0.1, -0.05) is 78.3 Å². The minimum absolute atomic E-state index is 0.00177. The van der Waals surface area contributed by atoms with Gasteiger partial charge in [0.15, 0.2) is 0 Å². The summed E-state index contributed by atoms with van der Waals surface area (Å²) in [5, 5.41) is 0.105. The highest BCUT2D eigenvalue weighted by Gasteiger charge is 2.30. The summed E-state index contributed by atoms with van der Waals surface area (Å²) < 4.78 is 31.7. The van der Waals surface area contributed by atoms with Gasteiger partial charge in [-0.3, -0.25) is 18.6 Å². The van der Waals surface area contributed by atoms with E-state index in [9.17, 15) is 18.0 Å². The van der Waals surface area contributed by atoms with E-state index >= 15 is 0 Å². The SMILES string of the molecule is Cc1c(N(C)S(=O)(=O)c2ccc(Cl)c(C(=O)N(C)c3ccccc3-c3ccccc3)c2)c(=O)n(-c2ccccc2)n1C. The summed E-state index contributed by atoms with van der Waals surface area (Å²) in [6, 6.07) is 30.0. The Labute approximate surface area is 249 Å². The third kappa shape index (κ3) is 5.01. The maximum atomic E-state index is 13.9. The van der Waals surface area contributed by atoms with Gasteiger partial charge in [0.25, 0.3) is 21.5 Å². The molecule has 1 aromatic heterocycles. The van der Waals surface area contributed by atoms with E-state index < -0.39 is 21.5 Å². The lowest BCUT2D eigenvalue weighted by Gasteiger charge is -2.22. The van der Waals surface area contributed by atoms with E-state index in [4.69, 9.17) is 11.6 Å². The van der Waals surface area contributed by atoms with Crippen molar-refractivity contribution < 1.29 is 13.2 Å². The molecule has 0 unspecified atom stereocenters. The quantitative estimate of drug-likeness (QED) is 0.233. The van der Waals surface area contributed by atoms with Gasteiger partial charge in [-0.05, 0) is 48.9 Å². The van der Waals surface area contributed by atoms with Crippen molar-refractivity contribution >= 4 is 38.9 Å². The molecule has 0 atom stereocenters. The van der Waals surface area contributed by atoms with Crippen LogP contribution in [0, 0.1) is 6.92 Å². The van der Waals surface area contributed by atoms with Crippen LogP contribution in [0.1, 0.15) is 16.1 Å². The number of para-hydroxylation sites is 2. The number of benzene rings is 4. The van der Waals surface area contributed by atoms with Gasteiger partial charge in [-0.2, -0.15) is 0 Å². The van der Waals surface area contributed by atoms with Crippen molar-refractivity contribution in [3.8, 4) is 16.8 Å². The molecule has 4 aromatic carbocycles. The second kappa shape index (κ2) is 11.3. The van der Waals surface area contributed by atoms with Gasteiger partial charge in [0, 0.05) is 26.7 Å². The van der Waals surface area contributed by atoms with Crippen LogP contribution in [0.15, 0.2) is 113 Å². The molecule has 8 nitrogen and oxygen atoms in total. The Morgan fingerprint density at radius 1 is 0.833 bits per heavy atom. The van der Waals surface area contributed by atoms with E-state index in [-0.39, 0.29) is 21.2 Å². The molecule has 0 bridgehead atoms. The molecule has 0 aliphatic rings. The van der Waals surface area contributed by atoms with E-state index in [1.165, 1.54) is 34.8 Å². The van der Waals surface area contributed by atoms with Gasteiger partial charge in [0.1, 0.15) is 5.69 Å². The lowest BCUT2D eigenvalue weighted by molar-refractivity contribution is 0.0993. The van der Waals surface area contributed by atoms with Gasteiger partial charge in [0.05, 0.1) is 32.6 Å². The fraction of sp³-hybridized carbons (Fsp3) is 0.125. The van der Waals surface area contributed by atoms with Crippen LogP contribution in [0.4, 0.5) is 11.4 Å². The van der Waals surface area contributed by atoms with Crippen molar-refractivity contribution in [1.29, 1.82) is 0 Å². The zero-order valence-electron chi connectivity index (χ0n) is 23.5. The summed E-state index contributed by atoms with van der Waals surface area (Å²) >= 11 is 6.46. The number of hydrogen-bond acceptors (Lipinski definition) is 4. The molecule has 0 saturated carbocycles. The first-order chi connectivity index (χ1) is 20.0. The second-order valence-electron chi connectivity index (χ2n) is 9.77. The average Bonchev–Trinajstić information content (AvgIpc) is 3.23. The normalized spacial score (nSPS) is 11.4. The van der Waals surface area contributed by atoms with Crippen LogP contribution in [-0.4, -0.2) is 37.8 Å². The largest absolute Gasteiger partial charge is 0.311 e. The van der Waals surface area contributed by atoms with Gasteiger partial charge in [-0.25, -0.2) is 13.1 Å². The van der Waals surface area contributed by atoms with Gasteiger partial charge < -0.3 is 4.90 Å². The molecule has 1 amide bonds. The molecule has 0 aliphatic carbocycles. The Morgan fingerprint density at radius 2 is 1.43 bits per heavy atom. The Kier molecular flexibility index (Phi) is 7.81. The summed E-state index contributed by atoms with van der Waals surface area (Å²) in [4.78, 5) is 28.5. The van der Waals surface area contributed by atoms with Crippen LogP contribution in [0.3, 0.4) is 0 Å². The number of carbonyl (C=O) groups is 1. The molecule has 0 N–H and O–H groups in total. The van der Waals surface area contributed by atoms with Gasteiger partial charge in [0.2, 0.25) is 0 Å². The van der Waals surface area contributed by atoms with E-state index in [0.717, 1.165) is 15.4 Å². The highest BCUT2D eigenvalue weighted by Crippen LogP contribution is 2.33. The number of rotatable bonds is 7. The molecule has 5 rings (SSSR count). The number of amides is 1. The first-order valence-electron chi connectivity index (χ1n) is 13.1. The van der Waals surface area contributed by atoms with Crippen molar-refractivity contribution in [2.75, 3.05) is 23.3 Å². The van der Waals surface area contributed by atoms with Crippen LogP contribution in [0.25, 0.3) is 16.8 Å². The van der Waals surface area contributed by atoms with Crippen molar-refractivity contribution in [3.63, 3.8) is 0 Å². The Balaban J connectivity index is 1.53. The molecule has 0 aliphatic heterocycles. The zero-order valence-corrected chi connectivity index (χ0v) is 25.1. The number of halogens is 1. The maximum absolute atomic E-state index is 13.9. The molecule has 0 spiro atoms. The molecular formula is C32H29ClN4O4S. The molecule has 10 heteroatoms. The van der Waals surface area contributed by atoms with E-state index in [1.807, 2.05) is 60.7 Å². The smallest absolute Gasteiger partial charge is 0.296 e. The number of carbonyl (C=O) groups excluding carboxylic acids is 1. The lowest BCUT2D eigenvalue weighted by Crippen LogP contribution is -2.32. The van der Waals surface area contributed by atoms with Crippen LogP contribution in [-0.2, 0) is 17.1 Å². The molecule has 0 radical (unpaired) electrons. The van der Waals surface area contributed by atoms with Crippen molar-refractivity contribution in [2.24, 2.45) is 7.05 Å². The van der Waals surface area contributed by atoms with Crippen molar-refractivity contribution in [2.45, 2.75) is 11.8 Å². The molecule has 42 heavy (non-hydrogen) atoms. The first-order valence-corrected chi connectivity index (χ1v) is 14.9. The highest BCUT2D eigenvalue weighted by atomic mass is 35.5. The highest BCUT2D eigenvalue weighted by molar-refractivity contribution is 7.92. The minimum Gasteiger partial charge on any atom is -0.311 e. The first kappa shape index (κ1) is 28.9. The summed E-state index contributed by atoms with van der Waals surface area (Å²) in [5.41, 5.74) is 2.98. The average molecular weight is 601 g/mol. The Morgan fingerprint density at radius 3 is 2.10 bits per heavy atom. The topological polar surface area (TPSA) is 84.6 Å². The standard InChI is InChI=1S/C32H29ClN4O4S/c1-22-30(32(39)37(35(22)3)24-15-9-6-10-16-24)36(4)42(40,41)25-19-20-28(33)27(21-25)31(38)34(2)29-18-12-11-17-26(29)23-13-7-5-8-14-23/h5-21H,1-4H3. The maximum Gasteiger partial charge on any atom is 0.296 e. The zero-order chi connectivity index (χ0) is 30.2. The Hall–Kier alpha value is -4.60. The Bertz CT molecular complexity index is 1950. The summed E-state index contributed by atoms with van der Waals surface area (Å²) in [5.74, 6) is -0.481. The summed E-state index contributed by atoms with van der Waals surface area (Å²) in [6.45, 7) is 1.68. The number of sulfonamides is 1. The molecular weight excluding hydrogens is 572 g/mol. The number of hydrogen-bond donors (Lipinski definition) is 0. The molecule has 1 heterocycles. The van der Waals surface area contributed by atoms with Crippen molar-refractivity contribution in [3.05, 3.63) is 130 Å².